The number of allylic oxidation sites excluding steroid dienone is 4. The molecular formula is C27H44O2. The van der Waals surface area contributed by atoms with Crippen LogP contribution in [0.5, 0.6) is 0 Å². The van der Waals surface area contributed by atoms with Gasteiger partial charge in [-0.2, -0.15) is 0 Å². The van der Waals surface area contributed by atoms with E-state index in [2.05, 4.69) is 32.6 Å². The molecule has 0 aromatic carbocycles. The fourth-order valence-corrected chi connectivity index (χ4v) is 6.67. The standard InChI is InChI=1S/C27H44O2/c1-19-10-13-23(28)18-22(19)12-11-21-9-7-17-27(5)24(14-15-25(21)27)20(2)8-6-16-26(3,4)29/h11-12,20,23-25,28-29H,1,6-10,13-18H2,2-5H3/b21-11+,22-12-/t20-,23+,24-,25+,27+/m0/s1. The summed E-state index contributed by atoms with van der Waals surface area (Å²) in [5.41, 5.74) is 4.02. The lowest BCUT2D eigenvalue weighted by Crippen LogP contribution is -2.36. The summed E-state index contributed by atoms with van der Waals surface area (Å²) in [6.45, 7) is 13.1. The third-order valence-electron chi connectivity index (χ3n) is 8.36. The van der Waals surface area contributed by atoms with E-state index in [1.165, 1.54) is 49.7 Å². The smallest absolute Gasteiger partial charge is 0.0591 e. The molecule has 0 unspecified atom stereocenters. The van der Waals surface area contributed by atoms with Gasteiger partial charge in [-0.3, -0.25) is 0 Å². The number of hydrogen-bond donors (Lipinski definition) is 2. The van der Waals surface area contributed by atoms with E-state index in [9.17, 15) is 10.2 Å². The average Bonchev–Trinajstić information content (AvgIpc) is 2.99. The molecule has 0 radical (unpaired) electrons. The Morgan fingerprint density at radius 2 is 1.97 bits per heavy atom. The van der Waals surface area contributed by atoms with E-state index in [-0.39, 0.29) is 6.10 Å². The molecule has 0 amide bonds. The highest BCUT2D eigenvalue weighted by Crippen LogP contribution is 2.60. The Labute approximate surface area is 179 Å². The number of hydrogen-bond acceptors (Lipinski definition) is 2. The Morgan fingerprint density at radius 3 is 2.69 bits per heavy atom. The summed E-state index contributed by atoms with van der Waals surface area (Å²) in [4.78, 5) is 0. The molecule has 0 bridgehead atoms. The Kier molecular flexibility index (Phi) is 7.16. The van der Waals surface area contributed by atoms with Crippen LogP contribution in [0.25, 0.3) is 0 Å². The highest BCUT2D eigenvalue weighted by molar-refractivity contribution is 5.36. The SMILES string of the molecule is C=C1CC[C@@H](O)C/C1=C/C=C1\CCC[C@@]2(C)[C@@H]1CC[C@H]2[C@@H](C)CCCC(C)(C)O. The van der Waals surface area contributed by atoms with Crippen molar-refractivity contribution in [2.45, 2.75) is 110 Å². The topological polar surface area (TPSA) is 40.5 Å². The monoisotopic (exact) mass is 400 g/mol. The summed E-state index contributed by atoms with van der Waals surface area (Å²) in [6, 6.07) is 0. The van der Waals surface area contributed by atoms with Gasteiger partial charge in [-0.05, 0) is 100 Å². The van der Waals surface area contributed by atoms with Crippen molar-refractivity contribution in [2.75, 3.05) is 0 Å². The van der Waals surface area contributed by atoms with Crippen LogP contribution < -0.4 is 0 Å². The zero-order valence-corrected chi connectivity index (χ0v) is 19.3. The Bertz CT molecular complexity index is 650. The summed E-state index contributed by atoms with van der Waals surface area (Å²) >= 11 is 0. The quantitative estimate of drug-likeness (QED) is 0.518. The molecule has 3 fully saturated rings. The van der Waals surface area contributed by atoms with E-state index in [1.54, 1.807) is 5.57 Å². The predicted octanol–water partition coefficient (Wildman–Crippen LogP) is 6.73. The van der Waals surface area contributed by atoms with Crippen LogP contribution >= 0.6 is 0 Å². The van der Waals surface area contributed by atoms with Crippen molar-refractivity contribution in [1.82, 2.24) is 0 Å². The van der Waals surface area contributed by atoms with Crippen molar-refractivity contribution in [3.63, 3.8) is 0 Å². The first-order chi connectivity index (χ1) is 13.6. The van der Waals surface area contributed by atoms with Crippen LogP contribution in [0.3, 0.4) is 0 Å². The predicted molar refractivity (Wildman–Crippen MR) is 123 cm³/mol. The number of fused-ring (bicyclic) bond motifs is 1. The van der Waals surface area contributed by atoms with Crippen LogP contribution in [0.2, 0.25) is 0 Å². The Morgan fingerprint density at radius 1 is 1.21 bits per heavy atom. The Hall–Kier alpha value is -0.860. The minimum absolute atomic E-state index is 0.192. The average molecular weight is 401 g/mol. The summed E-state index contributed by atoms with van der Waals surface area (Å²) in [5, 5.41) is 20.1. The van der Waals surface area contributed by atoms with E-state index in [0.717, 1.165) is 49.9 Å². The van der Waals surface area contributed by atoms with Crippen LogP contribution in [-0.2, 0) is 0 Å². The largest absolute Gasteiger partial charge is 0.393 e. The second-order valence-corrected chi connectivity index (χ2v) is 11.2. The van der Waals surface area contributed by atoms with Crippen molar-refractivity contribution in [2.24, 2.45) is 23.2 Å². The summed E-state index contributed by atoms with van der Waals surface area (Å²) in [7, 11) is 0. The maximum absolute atomic E-state index is 10.0. The van der Waals surface area contributed by atoms with Gasteiger partial charge in [-0.15, -0.1) is 0 Å². The van der Waals surface area contributed by atoms with Crippen LogP contribution in [0.1, 0.15) is 98.3 Å². The Balaban J connectivity index is 1.68. The van der Waals surface area contributed by atoms with Gasteiger partial charge in [0.1, 0.15) is 0 Å². The van der Waals surface area contributed by atoms with E-state index in [0.29, 0.717) is 5.41 Å². The van der Waals surface area contributed by atoms with Gasteiger partial charge in [-0.1, -0.05) is 56.6 Å². The first kappa shape index (κ1) is 22.8. The van der Waals surface area contributed by atoms with E-state index < -0.39 is 5.60 Å². The lowest BCUT2D eigenvalue weighted by Gasteiger charge is -2.44. The third-order valence-corrected chi connectivity index (χ3v) is 8.36. The molecule has 164 valence electrons. The van der Waals surface area contributed by atoms with Gasteiger partial charge in [-0.25, -0.2) is 0 Å². The molecule has 2 heteroatoms. The van der Waals surface area contributed by atoms with Crippen LogP contribution in [-0.4, -0.2) is 21.9 Å². The van der Waals surface area contributed by atoms with Crippen molar-refractivity contribution in [3.05, 3.63) is 35.5 Å². The zero-order valence-electron chi connectivity index (χ0n) is 19.3. The second kappa shape index (κ2) is 9.10. The first-order valence-electron chi connectivity index (χ1n) is 12.1. The van der Waals surface area contributed by atoms with Crippen LogP contribution in [0.4, 0.5) is 0 Å². The summed E-state index contributed by atoms with van der Waals surface area (Å²) in [5.74, 6) is 2.26. The molecule has 2 N–H and O–H groups in total. The molecule has 0 spiro atoms. The lowest BCUT2D eigenvalue weighted by atomic mass is 9.60. The molecule has 0 aromatic rings. The molecule has 3 rings (SSSR count). The first-order valence-corrected chi connectivity index (χ1v) is 12.1. The molecule has 5 atom stereocenters. The van der Waals surface area contributed by atoms with Crippen molar-refractivity contribution in [3.8, 4) is 0 Å². The molecule has 2 nitrogen and oxygen atoms in total. The third kappa shape index (κ3) is 5.44. The van der Waals surface area contributed by atoms with Gasteiger partial charge in [0.05, 0.1) is 11.7 Å². The molecule has 3 saturated carbocycles. The lowest BCUT2D eigenvalue weighted by molar-refractivity contribution is 0.0596. The molecule has 0 heterocycles. The highest BCUT2D eigenvalue weighted by Gasteiger charge is 2.50. The fourth-order valence-electron chi connectivity index (χ4n) is 6.67. The van der Waals surface area contributed by atoms with E-state index in [1.807, 2.05) is 13.8 Å². The molecule has 3 aliphatic carbocycles. The molecule has 0 saturated heterocycles. The normalized spacial score (nSPS) is 37.2. The van der Waals surface area contributed by atoms with Crippen molar-refractivity contribution in [1.29, 1.82) is 0 Å². The van der Waals surface area contributed by atoms with Crippen LogP contribution in [0, 0.1) is 23.2 Å². The minimum atomic E-state index is -0.535. The maximum atomic E-state index is 10.0. The van der Waals surface area contributed by atoms with Gasteiger partial charge < -0.3 is 10.2 Å². The van der Waals surface area contributed by atoms with Gasteiger partial charge in [0.15, 0.2) is 0 Å². The zero-order chi connectivity index (χ0) is 21.2. The van der Waals surface area contributed by atoms with Crippen molar-refractivity contribution >= 4 is 0 Å². The second-order valence-electron chi connectivity index (χ2n) is 11.2. The van der Waals surface area contributed by atoms with Gasteiger partial charge in [0.25, 0.3) is 0 Å². The maximum Gasteiger partial charge on any atom is 0.0591 e. The van der Waals surface area contributed by atoms with Gasteiger partial charge in [0, 0.05) is 0 Å². The van der Waals surface area contributed by atoms with Crippen LogP contribution in [0.15, 0.2) is 35.5 Å². The molecule has 3 aliphatic rings. The summed E-state index contributed by atoms with van der Waals surface area (Å²) in [6.07, 6.45) is 16.9. The van der Waals surface area contributed by atoms with Gasteiger partial charge in [0.2, 0.25) is 0 Å². The van der Waals surface area contributed by atoms with E-state index in [4.69, 9.17) is 0 Å². The molecule has 0 aliphatic heterocycles. The number of rotatable bonds is 6. The summed E-state index contributed by atoms with van der Waals surface area (Å²) < 4.78 is 0. The van der Waals surface area contributed by atoms with Gasteiger partial charge >= 0.3 is 0 Å². The fraction of sp³-hybridized carbons (Fsp3) is 0.778. The molecule has 0 aromatic heterocycles. The molecular weight excluding hydrogens is 356 g/mol. The minimum Gasteiger partial charge on any atom is -0.393 e. The molecule has 29 heavy (non-hydrogen) atoms. The van der Waals surface area contributed by atoms with E-state index >= 15 is 0 Å². The highest BCUT2D eigenvalue weighted by atomic mass is 16.3. The van der Waals surface area contributed by atoms with Crippen molar-refractivity contribution < 1.29 is 10.2 Å². The number of aliphatic hydroxyl groups is 2. The number of aliphatic hydroxyl groups excluding tert-OH is 1.